The van der Waals surface area contributed by atoms with Crippen molar-refractivity contribution in [3.8, 4) is 0 Å². The van der Waals surface area contributed by atoms with E-state index in [0.29, 0.717) is 11.3 Å². The molecule has 7 heteroatoms. The highest BCUT2D eigenvalue weighted by Crippen LogP contribution is 2.38. The third-order valence-electron chi connectivity index (χ3n) is 5.98. The van der Waals surface area contributed by atoms with Crippen LogP contribution in [0.1, 0.15) is 26.7 Å². The summed E-state index contributed by atoms with van der Waals surface area (Å²) in [6.07, 6.45) is 2.46. The molecule has 3 aliphatic rings. The molecule has 2 unspecified atom stereocenters. The van der Waals surface area contributed by atoms with Gasteiger partial charge in [-0.2, -0.15) is 0 Å². The predicted octanol–water partition coefficient (Wildman–Crippen LogP) is 1.57. The molecule has 1 spiro atoms. The molecule has 0 saturated carbocycles. The van der Waals surface area contributed by atoms with Crippen molar-refractivity contribution < 1.29 is 4.74 Å². The number of hydrogen-bond donors (Lipinski definition) is 1. The van der Waals surface area contributed by atoms with Crippen LogP contribution < -0.4 is 5.32 Å². The highest BCUT2D eigenvalue weighted by Gasteiger charge is 2.42. The van der Waals surface area contributed by atoms with Crippen molar-refractivity contribution in [2.75, 3.05) is 79.2 Å². The smallest absolute Gasteiger partial charge is 0.193 e. The second kappa shape index (κ2) is 10.4. The number of halogens is 1. The highest BCUT2D eigenvalue weighted by atomic mass is 127. The fourth-order valence-corrected chi connectivity index (χ4v) is 4.28. The second-order valence-corrected chi connectivity index (χ2v) is 8.38. The van der Waals surface area contributed by atoms with Gasteiger partial charge < -0.3 is 24.8 Å². The van der Waals surface area contributed by atoms with Crippen molar-refractivity contribution in [3.63, 3.8) is 0 Å². The standard InChI is InChI=1S/C19H37N5O.HI/c1-4-20-18(24-7-5-19(15-24)6-12-25-16-19)21-13-17(2)14-23-10-8-22(3)9-11-23;/h17H,4-16H2,1-3H3,(H,20,21);1H. The van der Waals surface area contributed by atoms with Crippen molar-refractivity contribution >= 4 is 29.9 Å². The van der Waals surface area contributed by atoms with Crippen molar-refractivity contribution in [2.45, 2.75) is 26.7 Å². The largest absolute Gasteiger partial charge is 0.381 e. The van der Waals surface area contributed by atoms with Crippen LogP contribution in [-0.2, 0) is 4.74 Å². The Bertz CT molecular complexity index is 447. The minimum atomic E-state index is 0. The van der Waals surface area contributed by atoms with E-state index in [2.05, 4.69) is 40.9 Å². The molecule has 26 heavy (non-hydrogen) atoms. The quantitative estimate of drug-likeness (QED) is 0.369. The molecule has 0 aliphatic carbocycles. The topological polar surface area (TPSA) is 43.3 Å². The zero-order chi connectivity index (χ0) is 17.7. The van der Waals surface area contributed by atoms with E-state index in [1.807, 2.05) is 0 Å². The average Bonchev–Trinajstić information content (AvgIpc) is 3.24. The van der Waals surface area contributed by atoms with Crippen LogP contribution in [0.3, 0.4) is 0 Å². The first-order valence-electron chi connectivity index (χ1n) is 10.1. The molecule has 2 atom stereocenters. The van der Waals surface area contributed by atoms with Crippen molar-refractivity contribution in [1.29, 1.82) is 0 Å². The third-order valence-corrected chi connectivity index (χ3v) is 5.98. The Kier molecular flexibility index (Phi) is 8.90. The third kappa shape index (κ3) is 5.94. The number of piperazine rings is 1. The van der Waals surface area contributed by atoms with E-state index < -0.39 is 0 Å². The minimum Gasteiger partial charge on any atom is -0.381 e. The van der Waals surface area contributed by atoms with Gasteiger partial charge in [-0.15, -0.1) is 24.0 Å². The number of likely N-dealkylation sites (tertiary alicyclic amines) is 1. The maximum atomic E-state index is 5.66. The van der Waals surface area contributed by atoms with E-state index in [1.54, 1.807) is 0 Å². The summed E-state index contributed by atoms with van der Waals surface area (Å²) >= 11 is 0. The molecule has 0 aromatic rings. The lowest BCUT2D eigenvalue weighted by Crippen LogP contribution is -2.46. The number of hydrogen-bond acceptors (Lipinski definition) is 4. The molecule has 0 aromatic heterocycles. The molecule has 3 saturated heterocycles. The summed E-state index contributed by atoms with van der Waals surface area (Å²) in [6.45, 7) is 16.4. The Morgan fingerprint density at radius 1 is 1.19 bits per heavy atom. The maximum Gasteiger partial charge on any atom is 0.193 e. The number of nitrogens with zero attached hydrogens (tertiary/aromatic N) is 4. The highest BCUT2D eigenvalue weighted by molar-refractivity contribution is 14.0. The number of likely N-dealkylation sites (N-methyl/N-ethyl adjacent to an activating group) is 1. The van der Waals surface area contributed by atoms with Gasteiger partial charge in [0.2, 0.25) is 0 Å². The van der Waals surface area contributed by atoms with Crippen molar-refractivity contribution in [2.24, 2.45) is 16.3 Å². The van der Waals surface area contributed by atoms with Gasteiger partial charge in [0.1, 0.15) is 0 Å². The van der Waals surface area contributed by atoms with Crippen LogP contribution in [0.2, 0.25) is 0 Å². The van der Waals surface area contributed by atoms with Crippen LogP contribution in [0, 0.1) is 11.3 Å². The second-order valence-electron chi connectivity index (χ2n) is 8.38. The van der Waals surface area contributed by atoms with Gasteiger partial charge in [0.25, 0.3) is 0 Å². The van der Waals surface area contributed by atoms with E-state index in [0.717, 1.165) is 51.9 Å². The van der Waals surface area contributed by atoms with Crippen molar-refractivity contribution in [1.82, 2.24) is 20.0 Å². The lowest BCUT2D eigenvalue weighted by atomic mass is 9.87. The molecule has 3 heterocycles. The number of guanidine groups is 1. The summed E-state index contributed by atoms with van der Waals surface area (Å²) in [5, 5.41) is 3.51. The lowest BCUT2D eigenvalue weighted by Gasteiger charge is -2.33. The normalized spacial score (nSPS) is 29.2. The average molecular weight is 479 g/mol. The van der Waals surface area contributed by atoms with Gasteiger partial charge in [-0.1, -0.05) is 6.92 Å². The summed E-state index contributed by atoms with van der Waals surface area (Å²) in [4.78, 5) is 12.4. The fourth-order valence-electron chi connectivity index (χ4n) is 4.28. The fraction of sp³-hybridized carbons (Fsp3) is 0.947. The van der Waals surface area contributed by atoms with E-state index >= 15 is 0 Å². The molecule has 0 amide bonds. The van der Waals surface area contributed by atoms with Crippen LogP contribution >= 0.6 is 24.0 Å². The van der Waals surface area contributed by atoms with Gasteiger partial charge in [-0.25, -0.2) is 0 Å². The monoisotopic (exact) mass is 479 g/mol. The molecule has 0 aromatic carbocycles. The zero-order valence-corrected chi connectivity index (χ0v) is 19.2. The summed E-state index contributed by atoms with van der Waals surface area (Å²) in [7, 11) is 2.21. The molecule has 3 aliphatic heterocycles. The van der Waals surface area contributed by atoms with E-state index in [9.17, 15) is 0 Å². The summed E-state index contributed by atoms with van der Waals surface area (Å²) in [5.41, 5.74) is 0.391. The molecule has 3 fully saturated rings. The van der Waals surface area contributed by atoms with Crippen LogP contribution in [0.25, 0.3) is 0 Å². The van der Waals surface area contributed by atoms with Gasteiger partial charge in [-0.05, 0) is 32.7 Å². The van der Waals surface area contributed by atoms with Gasteiger partial charge in [0.15, 0.2) is 5.96 Å². The summed E-state index contributed by atoms with van der Waals surface area (Å²) in [5.74, 6) is 1.71. The number of rotatable bonds is 5. The first-order chi connectivity index (χ1) is 12.1. The number of ether oxygens (including phenoxy) is 1. The molecule has 1 N–H and O–H groups in total. The minimum absolute atomic E-state index is 0. The van der Waals surface area contributed by atoms with E-state index in [-0.39, 0.29) is 24.0 Å². The Morgan fingerprint density at radius 2 is 1.96 bits per heavy atom. The van der Waals surface area contributed by atoms with Crippen LogP contribution in [0.15, 0.2) is 4.99 Å². The lowest BCUT2D eigenvalue weighted by molar-refractivity contribution is 0.140. The molecule has 6 nitrogen and oxygen atoms in total. The van der Waals surface area contributed by atoms with Gasteiger partial charge in [0, 0.05) is 70.9 Å². The molecule has 3 rings (SSSR count). The van der Waals surface area contributed by atoms with Crippen molar-refractivity contribution in [3.05, 3.63) is 0 Å². The number of aliphatic imine (C=N–C) groups is 1. The Labute approximate surface area is 176 Å². The van der Waals surface area contributed by atoms with Crippen LogP contribution in [0.4, 0.5) is 0 Å². The first-order valence-corrected chi connectivity index (χ1v) is 10.1. The Balaban J connectivity index is 0.00000243. The van der Waals surface area contributed by atoms with Gasteiger partial charge in [0.05, 0.1) is 6.61 Å². The SMILES string of the molecule is CCNC(=NCC(C)CN1CCN(C)CC1)N1CCC2(CCOC2)C1.I. The molecule has 152 valence electrons. The molecular formula is C19H38IN5O. The van der Waals surface area contributed by atoms with E-state index in [4.69, 9.17) is 9.73 Å². The maximum absolute atomic E-state index is 5.66. The summed E-state index contributed by atoms with van der Waals surface area (Å²) in [6, 6.07) is 0. The molecule has 0 radical (unpaired) electrons. The zero-order valence-electron chi connectivity index (χ0n) is 16.9. The van der Waals surface area contributed by atoms with Crippen LogP contribution in [0.5, 0.6) is 0 Å². The summed E-state index contributed by atoms with van der Waals surface area (Å²) < 4.78 is 5.66. The van der Waals surface area contributed by atoms with E-state index in [1.165, 1.54) is 39.0 Å². The predicted molar refractivity (Wildman–Crippen MR) is 119 cm³/mol. The van der Waals surface area contributed by atoms with Gasteiger partial charge in [-0.3, -0.25) is 4.99 Å². The van der Waals surface area contributed by atoms with Crippen LogP contribution in [-0.4, -0.2) is 99.8 Å². The number of nitrogens with one attached hydrogen (secondary N) is 1. The first kappa shape index (κ1) is 22.2. The Hall–Kier alpha value is -0.120. The molecular weight excluding hydrogens is 441 g/mol. The molecule has 0 bridgehead atoms. The van der Waals surface area contributed by atoms with Gasteiger partial charge >= 0.3 is 0 Å². The Morgan fingerprint density at radius 3 is 2.62 bits per heavy atom.